The number of hydrogen-bond acceptors (Lipinski definition) is 7. The highest BCUT2D eigenvalue weighted by molar-refractivity contribution is 9.10. The number of esters is 1. The number of carbonyl (C=O) groups excluding carboxylic acids is 3. The van der Waals surface area contributed by atoms with Gasteiger partial charge in [-0.05, 0) is 69.5 Å². The van der Waals surface area contributed by atoms with Crippen LogP contribution in [0.15, 0.2) is 76.8 Å². The minimum Gasteiger partial charge on any atom is -0.507 e. The minimum atomic E-state index is -0.878. The number of aliphatic hydroxyl groups is 1. The molecule has 37 heavy (non-hydrogen) atoms. The second-order valence-corrected chi connectivity index (χ2v) is 9.10. The normalized spacial score (nSPS) is 16.5. The lowest BCUT2D eigenvalue weighted by molar-refractivity contribution is -0.140. The zero-order valence-corrected chi connectivity index (χ0v) is 21.9. The van der Waals surface area contributed by atoms with Crippen LogP contribution in [0.2, 0.25) is 0 Å². The fourth-order valence-corrected chi connectivity index (χ4v) is 4.77. The summed E-state index contributed by atoms with van der Waals surface area (Å²) >= 11 is 3.40. The number of carbonyl (C=O) groups is 3. The lowest BCUT2D eigenvalue weighted by Crippen LogP contribution is -2.29. The number of ketones is 1. The van der Waals surface area contributed by atoms with Crippen LogP contribution in [0.1, 0.15) is 33.1 Å². The van der Waals surface area contributed by atoms with Crippen LogP contribution in [0.3, 0.4) is 0 Å². The van der Waals surface area contributed by atoms with Gasteiger partial charge in [0.05, 0.1) is 43.0 Å². The van der Waals surface area contributed by atoms with Gasteiger partial charge in [0.1, 0.15) is 17.3 Å². The molecule has 0 radical (unpaired) electrons. The Bertz CT molecular complexity index is 1400. The molecule has 1 N–H and O–H groups in total. The predicted molar refractivity (Wildman–Crippen MR) is 139 cm³/mol. The number of rotatable bonds is 7. The van der Waals surface area contributed by atoms with E-state index in [1.165, 1.54) is 26.2 Å². The lowest BCUT2D eigenvalue weighted by atomic mass is 9.95. The number of Topliss-reactive ketones (excluding diaryl/α,β-unsaturated/α-hetero) is 1. The first-order chi connectivity index (χ1) is 17.8. The van der Waals surface area contributed by atoms with Gasteiger partial charge in [0.25, 0.3) is 11.7 Å². The van der Waals surface area contributed by atoms with E-state index in [4.69, 9.17) is 14.2 Å². The second-order valence-electron chi connectivity index (χ2n) is 8.24. The Hall–Kier alpha value is -4.11. The van der Waals surface area contributed by atoms with Crippen molar-refractivity contribution in [2.45, 2.75) is 12.6 Å². The summed E-state index contributed by atoms with van der Waals surface area (Å²) in [5.41, 5.74) is 1.96. The fraction of sp³-hybridized carbons (Fsp3) is 0.179. The number of ether oxygens (including phenoxy) is 3. The highest BCUT2D eigenvalue weighted by Gasteiger charge is 2.46. The van der Waals surface area contributed by atoms with Gasteiger partial charge in [0.2, 0.25) is 0 Å². The molecule has 0 aromatic heterocycles. The van der Waals surface area contributed by atoms with Crippen molar-refractivity contribution >= 4 is 39.3 Å². The molecule has 0 saturated carbocycles. The number of methoxy groups -OCH3 is 3. The Morgan fingerprint density at radius 2 is 1.65 bits per heavy atom. The summed E-state index contributed by atoms with van der Waals surface area (Å²) in [5, 5.41) is 11.3. The average molecular weight is 566 g/mol. The summed E-state index contributed by atoms with van der Waals surface area (Å²) in [6, 6.07) is 17.6. The Labute approximate surface area is 222 Å². The summed E-state index contributed by atoms with van der Waals surface area (Å²) in [5.74, 6) is -1.25. The third-order valence-electron chi connectivity index (χ3n) is 6.10. The SMILES string of the molecule is COC(=O)c1ccc(CN2C(=O)C(=O)/C(=C(\O)c3ccc(OC)c(Br)c3)C2c2cccc(OC)c2)cc1. The third-order valence-corrected chi connectivity index (χ3v) is 6.72. The van der Waals surface area contributed by atoms with Gasteiger partial charge in [0.15, 0.2) is 0 Å². The van der Waals surface area contributed by atoms with E-state index in [-0.39, 0.29) is 17.9 Å². The lowest BCUT2D eigenvalue weighted by Gasteiger charge is -2.26. The van der Waals surface area contributed by atoms with E-state index < -0.39 is 23.7 Å². The summed E-state index contributed by atoms with van der Waals surface area (Å²) in [6.45, 7) is 0.0665. The molecule has 1 heterocycles. The molecule has 1 fully saturated rings. The minimum absolute atomic E-state index is 0.0403. The monoisotopic (exact) mass is 565 g/mol. The van der Waals surface area contributed by atoms with Gasteiger partial charge >= 0.3 is 5.97 Å². The highest BCUT2D eigenvalue weighted by atomic mass is 79.9. The van der Waals surface area contributed by atoms with E-state index in [1.54, 1.807) is 66.7 Å². The van der Waals surface area contributed by atoms with Gasteiger partial charge < -0.3 is 24.2 Å². The van der Waals surface area contributed by atoms with Crippen molar-refractivity contribution in [1.82, 2.24) is 4.90 Å². The molecule has 0 aliphatic carbocycles. The Balaban J connectivity index is 1.82. The zero-order chi connectivity index (χ0) is 26.7. The van der Waals surface area contributed by atoms with E-state index in [9.17, 15) is 19.5 Å². The van der Waals surface area contributed by atoms with Crippen LogP contribution in [0, 0.1) is 0 Å². The van der Waals surface area contributed by atoms with Crippen LogP contribution in [0.4, 0.5) is 0 Å². The maximum Gasteiger partial charge on any atom is 0.337 e. The number of benzene rings is 3. The molecular weight excluding hydrogens is 542 g/mol. The summed E-state index contributed by atoms with van der Waals surface area (Å²) < 4.78 is 15.9. The molecule has 0 spiro atoms. The molecule has 1 aliphatic heterocycles. The summed E-state index contributed by atoms with van der Waals surface area (Å²) in [7, 11) is 4.34. The van der Waals surface area contributed by atoms with Crippen LogP contribution >= 0.6 is 15.9 Å². The number of aliphatic hydroxyl groups excluding tert-OH is 1. The van der Waals surface area contributed by atoms with Crippen molar-refractivity contribution in [1.29, 1.82) is 0 Å². The molecule has 9 heteroatoms. The van der Waals surface area contributed by atoms with Crippen molar-refractivity contribution in [3.8, 4) is 11.5 Å². The van der Waals surface area contributed by atoms with Gasteiger partial charge in [-0.15, -0.1) is 0 Å². The molecule has 1 unspecified atom stereocenters. The van der Waals surface area contributed by atoms with Gasteiger partial charge in [0, 0.05) is 12.1 Å². The van der Waals surface area contributed by atoms with Crippen molar-refractivity contribution in [3.63, 3.8) is 0 Å². The van der Waals surface area contributed by atoms with E-state index >= 15 is 0 Å². The summed E-state index contributed by atoms with van der Waals surface area (Å²) in [6.07, 6.45) is 0. The van der Waals surface area contributed by atoms with E-state index in [0.29, 0.717) is 38.2 Å². The van der Waals surface area contributed by atoms with Crippen molar-refractivity contribution in [2.75, 3.05) is 21.3 Å². The van der Waals surface area contributed by atoms with Gasteiger partial charge in [-0.1, -0.05) is 24.3 Å². The van der Waals surface area contributed by atoms with Gasteiger partial charge in [-0.25, -0.2) is 4.79 Å². The number of halogens is 1. The Kier molecular flexibility index (Phi) is 7.63. The molecular formula is C28H24BrNO7. The molecule has 1 atom stereocenters. The fourth-order valence-electron chi connectivity index (χ4n) is 4.23. The zero-order valence-electron chi connectivity index (χ0n) is 20.4. The molecule has 3 aromatic carbocycles. The largest absolute Gasteiger partial charge is 0.507 e. The average Bonchev–Trinajstić information content (AvgIpc) is 3.17. The van der Waals surface area contributed by atoms with Crippen LogP contribution in [-0.2, 0) is 20.9 Å². The van der Waals surface area contributed by atoms with Gasteiger partial charge in [-0.3, -0.25) is 9.59 Å². The van der Waals surface area contributed by atoms with Crippen molar-refractivity contribution < 1.29 is 33.7 Å². The molecule has 3 aromatic rings. The van der Waals surface area contributed by atoms with E-state index in [2.05, 4.69) is 15.9 Å². The number of nitrogens with zero attached hydrogens (tertiary/aromatic N) is 1. The Morgan fingerprint density at radius 1 is 0.946 bits per heavy atom. The molecule has 1 amide bonds. The van der Waals surface area contributed by atoms with Crippen molar-refractivity contribution in [3.05, 3.63) is 99.0 Å². The first-order valence-electron chi connectivity index (χ1n) is 11.2. The predicted octanol–water partition coefficient (Wildman–Crippen LogP) is 4.87. The summed E-state index contributed by atoms with van der Waals surface area (Å²) in [4.78, 5) is 39.8. The van der Waals surface area contributed by atoms with Crippen molar-refractivity contribution in [2.24, 2.45) is 0 Å². The molecule has 190 valence electrons. The van der Waals surface area contributed by atoms with Crippen LogP contribution in [0.25, 0.3) is 5.76 Å². The first kappa shape index (κ1) is 26.0. The van der Waals surface area contributed by atoms with E-state index in [1.807, 2.05) is 0 Å². The number of likely N-dealkylation sites (tertiary alicyclic amines) is 1. The maximum absolute atomic E-state index is 13.3. The van der Waals surface area contributed by atoms with E-state index in [0.717, 1.165) is 0 Å². The molecule has 8 nitrogen and oxygen atoms in total. The molecule has 0 bridgehead atoms. The molecule has 4 rings (SSSR count). The molecule has 1 saturated heterocycles. The molecule has 1 aliphatic rings. The first-order valence-corrected chi connectivity index (χ1v) is 12.0. The van der Waals surface area contributed by atoms with Crippen LogP contribution in [-0.4, -0.2) is 49.0 Å². The smallest absolute Gasteiger partial charge is 0.337 e. The highest BCUT2D eigenvalue weighted by Crippen LogP contribution is 2.41. The Morgan fingerprint density at radius 3 is 2.27 bits per heavy atom. The third kappa shape index (κ3) is 5.08. The quantitative estimate of drug-likeness (QED) is 0.188. The topological polar surface area (TPSA) is 102 Å². The standard InChI is InChI=1S/C28H24BrNO7/c1-35-20-6-4-5-18(13-20)24-23(25(31)19-11-12-22(36-2)21(29)14-19)26(32)27(33)30(24)15-16-7-9-17(10-8-16)28(34)37-3/h4-14,24,31H,15H2,1-3H3/b25-23-. The van der Waals surface area contributed by atoms with Crippen LogP contribution in [0.5, 0.6) is 11.5 Å². The number of amides is 1. The van der Waals surface area contributed by atoms with Gasteiger partial charge in [-0.2, -0.15) is 0 Å². The second kappa shape index (κ2) is 10.9. The maximum atomic E-state index is 13.3. The van der Waals surface area contributed by atoms with Crippen LogP contribution < -0.4 is 9.47 Å². The number of hydrogen-bond donors (Lipinski definition) is 1.